The van der Waals surface area contributed by atoms with Gasteiger partial charge in [-0.15, -0.1) is 0 Å². The average Bonchev–Trinajstić information content (AvgIpc) is 3.47. The van der Waals surface area contributed by atoms with Gasteiger partial charge in [-0.05, 0) is 57.0 Å². The zero-order chi connectivity index (χ0) is 31.7. The maximum Gasteiger partial charge on any atom is 0.277 e. The lowest BCUT2D eigenvalue weighted by Gasteiger charge is -2.21. The van der Waals surface area contributed by atoms with Crippen LogP contribution in [0.1, 0.15) is 57.7 Å². The Morgan fingerprint density at radius 3 is 2.49 bits per heavy atom. The van der Waals surface area contributed by atoms with Gasteiger partial charge in [-0.1, -0.05) is 23.9 Å². The van der Waals surface area contributed by atoms with Crippen LogP contribution in [0.4, 0.5) is 0 Å². The van der Waals surface area contributed by atoms with Crippen molar-refractivity contribution in [3.63, 3.8) is 0 Å². The van der Waals surface area contributed by atoms with E-state index in [0.29, 0.717) is 53.9 Å². The number of pyridine rings is 1. The van der Waals surface area contributed by atoms with E-state index in [9.17, 15) is 19.5 Å². The molecule has 1 fully saturated rings. The van der Waals surface area contributed by atoms with E-state index >= 15 is 0 Å². The second-order valence-corrected chi connectivity index (χ2v) is 11.7. The number of imide groups is 1. The number of hydrogen-bond donors (Lipinski definition) is 0. The van der Waals surface area contributed by atoms with Crippen molar-refractivity contribution in [1.82, 2.24) is 19.4 Å². The zero-order valence-corrected chi connectivity index (χ0v) is 25.8. The molecular formula is C34H37N5O6. The monoisotopic (exact) mass is 611 g/mol. The summed E-state index contributed by atoms with van der Waals surface area (Å²) in [5.41, 5.74) is 3.71. The molecule has 4 aromatic rings. The molecule has 0 radical (unpaired) electrons. The van der Waals surface area contributed by atoms with Gasteiger partial charge in [0.05, 0.1) is 36.5 Å². The Morgan fingerprint density at radius 1 is 1.09 bits per heavy atom. The van der Waals surface area contributed by atoms with Gasteiger partial charge in [-0.2, -0.15) is 0 Å². The molecule has 1 saturated heterocycles. The topological polar surface area (TPSA) is 121 Å². The van der Waals surface area contributed by atoms with Crippen LogP contribution in [0.5, 0.6) is 11.5 Å². The Labute approximate surface area is 261 Å². The van der Waals surface area contributed by atoms with Crippen LogP contribution in [0.3, 0.4) is 0 Å². The molecule has 45 heavy (non-hydrogen) atoms. The van der Waals surface area contributed by atoms with Crippen molar-refractivity contribution in [3.05, 3.63) is 82.9 Å². The van der Waals surface area contributed by atoms with Gasteiger partial charge in [0.1, 0.15) is 12.3 Å². The van der Waals surface area contributed by atoms with Gasteiger partial charge in [0.25, 0.3) is 23.5 Å². The Kier molecular flexibility index (Phi) is 8.53. The van der Waals surface area contributed by atoms with Crippen molar-refractivity contribution < 1.29 is 33.5 Å². The summed E-state index contributed by atoms with van der Waals surface area (Å²) in [5, 5.41) is 12.2. The maximum absolute atomic E-state index is 13.3. The fraction of sp³-hybridized carbons (Fsp3) is 0.382. The molecule has 11 heteroatoms. The van der Waals surface area contributed by atoms with E-state index in [1.807, 2.05) is 25.1 Å². The summed E-state index contributed by atoms with van der Waals surface area (Å²) in [6.07, 6.45) is 1.86. The third-order valence-corrected chi connectivity index (χ3v) is 8.67. The van der Waals surface area contributed by atoms with E-state index in [2.05, 4.69) is 14.1 Å². The molecule has 0 bridgehead atoms. The number of aryl methyl sites for hydroxylation is 2. The lowest BCUT2D eigenvalue weighted by atomic mass is 10.0. The summed E-state index contributed by atoms with van der Waals surface area (Å²) in [6.45, 7) is 6.59. The number of nitrogens with zero attached hydrogens (tertiary/aromatic N) is 5. The molecule has 11 nitrogen and oxygen atoms in total. The fourth-order valence-corrected chi connectivity index (χ4v) is 6.18. The Balaban J connectivity index is 1.27. The predicted octanol–water partition coefficient (Wildman–Crippen LogP) is 2.99. The van der Waals surface area contributed by atoms with Crippen LogP contribution < -0.4 is 14.4 Å². The average molecular weight is 612 g/mol. The van der Waals surface area contributed by atoms with Crippen LogP contribution in [0, 0.1) is 12.8 Å². The number of fused-ring (bicyclic) bond motifs is 2. The van der Waals surface area contributed by atoms with Gasteiger partial charge in [-0.3, -0.25) is 24.3 Å². The molecule has 3 amide bonds. The molecular weight excluding hydrogens is 574 g/mol. The van der Waals surface area contributed by atoms with Gasteiger partial charge in [0, 0.05) is 37.9 Å². The lowest BCUT2D eigenvalue weighted by molar-refractivity contribution is -0.687. The van der Waals surface area contributed by atoms with Crippen molar-refractivity contribution >= 4 is 28.8 Å². The van der Waals surface area contributed by atoms with Crippen molar-refractivity contribution in [2.75, 3.05) is 26.9 Å². The van der Waals surface area contributed by atoms with E-state index in [0.717, 1.165) is 36.2 Å². The van der Waals surface area contributed by atoms with E-state index in [1.165, 1.54) is 15.9 Å². The number of ether oxygens (including phenoxy) is 2. The normalized spacial score (nSPS) is 15.1. The summed E-state index contributed by atoms with van der Waals surface area (Å²) in [6, 6.07) is 15.7. The Morgan fingerprint density at radius 2 is 1.80 bits per heavy atom. The minimum absolute atomic E-state index is 0.0911. The minimum atomic E-state index is -0.294. The van der Waals surface area contributed by atoms with Gasteiger partial charge < -0.3 is 19.5 Å². The van der Waals surface area contributed by atoms with Gasteiger partial charge >= 0.3 is 0 Å². The third-order valence-electron chi connectivity index (χ3n) is 8.67. The number of benzene rings is 2. The molecule has 0 saturated carbocycles. The highest BCUT2D eigenvalue weighted by atomic mass is 16.5. The first-order valence-electron chi connectivity index (χ1n) is 15.3. The van der Waals surface area contributed by atoms with Gasteiger partial charge in [0.2, 0.25) is 0 Å². The molecule has 6 rings (SSSR count). The highest BCUT2D eigenvalue weighted by Gasteiger charge is 2.39. The number of carbonyl (C=O) groups excluding carboxylic acids is 3. The van der Waals surface area contributed by atoms with E-state index in [1.54, 1.807) is 44.3 Å². The molecule has 2 aromatic heterocycles. The molecule has 4 heterocycles. The first-order valence-corrected chi connectivity index (χ1v) is 15.3. The number of amides is 3. The molecule has 2 aromatic carbocycles. The number of rotatable bonds is 10. The van der Waals surface area contributed by atoms with Gasteiger partial charge in [-0.25, -0.2) is 9.13 Å². The molecule has 0 unspecified atom stereocenters. The van der Waals surface area contributed by atoms with Crippen LogP contribution in [-0.4, -0.2) is 63.9 Å². The second-order valence-electron chi connectivity index (χ2n) is 11.7. The van der Waals surface area contributed by atoms with Crippen LogP contribution in [-0.2, 0) is 35.7 Å². The smallest absolute Gasteiger partial charge is 0.277 e. The largest absolute Gasteiger partial charge is 0.871 e. The first kappa shape index (κ1) is 30.3. The first-order chi connectivity index (χ1) is 21.7. The highest BCUT2D eigenvalue weighted by molar-refractivity contribution is 6.21. The Bertz CT molecular complexity index is 1740. The summed E-state index contributed by atoms with van der Waals surface area (Å²) >= 11 is 0. The molecule has 234 valence electrons. The van der Waals surface area contributed by atoms with E-state index in [-0.39, 0.29) is 43.2 Å². The summed E-state index contributed by atoms with van der Waals surface area (Å²) in [5.74, 6) is 0.668. The molecule has 0 atom stereocenters. The van der Waals surface area contributed by atoms with Crippen LogP contribution in [0.2, 0.25) is 0 Å². The third kappa shape index (κ3) is 6.00. The van der Waals surface area contributed by atoms with Crippen molar-refractivity contribution in [2.45, 2.75) is 52.9 Å². The Hall–Kier alpha value is -4.77. The number of imidazole rings is 1. The van der Waals surface area contributed by atoms with Crippen molar-refractivity contribution in [1.29, 1.82) is 0 Å². The quantitative estimate of drug-likeness (QED) is 0.200. The number of hydrogen-bond acceptors (Lipinski definition) is 7. The summed E-state index contributed by atoms with van der Waals surface area (Å²) in [7, 11) is 1.62. The van der Waals surface area contributed by atoms with Crippen LogP contribution in [0.15, 0.2) is 54.6 Å². The lowest BCUT2D eigenvalue weighted by Crippen LogP contribution is -2.45. The number of carbonyl (C=O) groups is 3. The molecule has 0 aliphatic carbocycles. The highest BCUT2D eigenvalue weighted by Crippen LogP contribution is 2.28. The number of likely N-dealkylation sites (N-methyl/N-ethyl adjacent to an activating group) is 1. The maximum atomic E-state index is 13.3. The van der Waals surface area contributed by atoms with E-state index < -0.39 is 0 Å². The fourth-order valence-electron chi connectivity index (χ4n) is 6.18. The predicted molar refractivity (Wildman–Crippen MR) is 162 cm³/mol. The van der Waals surface area contributed by atoms with E-state index in [4.69, 9.17) is 9.47 Å². The van der Waals surface area contributed by atoms with Crippen molar-refractivity contribution in [3.8, 4) is 11.5 Å². The molecule has 2 aliphatic rings. The van der Waals surface area contributed by atoms with Gasteiger partial charge in [0.15, 0.2) is 17.6 Å². The second kappa shape index (κ2) is 12.7. The summed E-state index contributed by atoms with van der Waals surface area (Å²) < 4.78 is 15.9. The molecule has 0 N–H and O–H groups in total. The van der Waals surface area contributed by atoms with Crippen molar-refractivity contribution in [2.24, 2.45) is 5.92 Å². The SMILES string of the molecule is CCn1c(CN2C(=O)c3ccccc3C2=O)[n+](CC2CCOCC2)c2ccc(OCC(=O)N(C)Cc3nc(C)ccc3[O-])cc21. The summed E-state index contributed by atoms with van der Waals surface area (Å²) in [4.78, 5) is 46.6. The molecule has 2 aliphatic heterocycles. The van der Waals surface area contributed by atoms with Crippen LogP contribution >= 0.6 is 0 Å². The zero-order valence-electron chi connectivity index (χ0n) is 25.8. The minimum Gasteiger partial charge on any atom is -0.871 e. The standard InChI is InChI=1S/C34H37N5O6/c1-4-37-29-17-24(45-21-32(41)36(3)19-27-30(40)12-9-22(2)35-27)10-11-28(29)38(18-23-13-15-44-16-14-23)31(37)20-39-33(42)25-7-5-6-8-26(25)34(39)43/h5-12,17,23H,4,13-16,18-21H2,1-3H3. The van der Waals surface area contributed by atoms with Crippen LogP contribution in [0.25, 0.3) is 11.0 Å². The molecule has 0 spiro atoms. The number of aromatic nitrogens is 3.